The number of nitrogens with zero attached hydrogens (tertiary/aromatic N) is 3. The zero-order chi connectivity index (χ0) is 13.0. The zero-order valence-corrected chi connectivity index (χ0v) is 12.2. The third-order valence-corrected chi connectivity index (χ3v) is 3.03. The molecule has 4 heteroatoms. The number of hydrogen-bond acceptors (Lipinski definition) is 2. The van der Waals surface area contributed by atoms with Gasteiger partial charge in [-0.05, 0) is 41.4 Å². The van der Waals surface area contributed by atoms with Crippen LogP contribution in [0.4, 0.5) is 0 Å². The highest BCUT2D eigenvalue weighted by Crippen LogP contribution is 2.26. The normalized spacial score (nSPS) is 9.65. The predicted molar refractivity (Wildman–Crippen MR) is 73.9 cm³/mol. The number of aryl methyl sites for hydroxylation is 2. The lowest BCUT2D eigenvalue weighted by Crippen LogP contribution is -1.97. The molecule has 0 radical (unpaired) electrons. The van der Waals surface area contributed by atoms with Crippen LogP contribution in [0.1, 0.15) is 32.0 Å². The Balaban J connectivity index is 0.000000686. The van der Waals surface area contributed by atoms with Crippen LogP contribution in [0.3, 0.4) is 0 Å². The minimum Gasteiger partial charge on any atom is -0.331 e. The molecule has 2 aromatic rings. The first kappa shape index (κ1) is 13.7. The fourth-order valence-corrected chi connectivity index (χ4v) is 2.19. The van der Waals surface area contributed by atoms with E-state index in [1.807, 2.05) is 38.3 Å². The van der Waals surface area contributed by atoms with Crippen molar-refractivity contribution in [1.29, 1.82) is 5.26 Å². The summed E-state index contributed by atoms with van der Waals surface area (Å²) in [7, 11) is 0. The molecule has 0 saturated heterocycles. The quantitative estimate of drug-likeness (QED) is 0.745. The van der Waals surface area contributed by atoms with Crippen LogP contribution in [-0.4, -0.2) is 9.55 Å². The van der Waals surface area contributed by atoms with E-state index in [-0.39, 0.29) is 0 Å². The molecule has 0 N–H and O–H groups in total. The Bertz CT molecular complexity index is 564. The van der Waals surface area contributed by atoms with Crippen LogP contribution in [0, 0.1) is 18.3 Å². The highest BCUT2D eigenvalue weighted by atomic mass is 79.9. The maximum atomic E-state index is 9.10. The van der Waals surface area contributed by atoms with E-state index < -0.39 is 0 Å². The lowest BCUT2D eigenvalue weighted by atomic mass is 10.2. The molecule has 3 nitrogen and oxygen atoms in total. The molecule has 90 valence electrons. The average molecular weight is 294 g/mol. The predicted octanol–water partition coefficient (Wildman–Crippen LogP) is 4.03. The largest absolute Gasteiger partial charge is 0.331 e. The second-order valence-electron chi connectivity index (χ2n) is 3.35. The van der Waals surface area contributed by atoms with Crippen LogP contribution in [-0.2, 0) is 6.54 Å². The van der Waals surface area contributed by atoms with Gasteiger partial charge < -0.3 is 4.57 Å². The van der Waals surface area contributed by atoms with Crippen LogP contribution in [0.5, 0.6) is 0 Å². The summed E-state index contributed by atoms with van der Waals surface area (Å²) in [6.07, 6.45) is 1.80. The van der Waals surface area contributed by atoms with Crippen molar-refractivity contribution in [2.45, 2.75) is 34.2 Å². The van der Waals surface area contributed by atoms with Crippen molar-refractivity contribution in [3.05, 3.63) is 28.1 Å². The van der Waals surface area contributed by atoms with Gasteiger partial charge in [0.1, 0.15) is 16.4 Å². The standard InChI is InChI=1S/C11H10BrN3.C2H6/c1-3-15-9(5-13)7(2)8-4-11(12)14-6-10(8)15;1-2/h4,6H,3H2,1-2H3;1-2H3. The van der Waals surface area contributed by atoms with Gasteiger partial charge in [0.05, 0.1) is 11.7 Å². The van der Waals surface area contributed by atoms with Gasteiger partial charge in [-0.25, -0.2) is 4.98 Å². The van der Waals surface area contributed by atoms with E-state index in [9.17, 15) is 0 Å². The lowest BCUT2D eigenvalue weighted by Gasteiger charge is -2.01. The summed E-state index contributed by atoms with van der Waals surface area (Å²) >= 11 is 3.34. The van der Waals surface area contributed by atoms with Gasteiger partial charge in [-0.2, -0.15) is 5.26 Å². The van der Waals surface area contributed by atoms with Crippen LogP contribution >= 0.6 is 15.9 Å². The van der Waals surface area contributed by atoms with Crippen LogP contribution in [0.2, 0.25) is 0 Å². The minimum atomic E-state index is 0.729. The zero-order valence-electron chi connectivity index (χ0n) is 10.6. The molecule has 2 aromatic heterocycles. The highest BCUT2D eigenvalue weighted by molar-refractivity contribution is 9.10. The first-order valence-corrected chi connectivity index (χ1v) is 6.52. The van der Waals surface area contributed by atoms with Gasteiger partial charge in [-0.1, -0.05) is 13.8 Å². The Morgan fingerprint density at radius 1 is 1.47 bits per heavy atom. The number of pyridine rings is 1. The molecule has 0 aliphatic carbocycles. The number of rotatable bonds is 1. The summed E-state index contributed by atoms with van der Waals surface area (Å²) in [6, 6.07) is 4.20. The third-order valence-electron chi connectivity index (χ3n) is 2.59. The van der Waals surface area contributed by atoms with Crippen molar-refractivity contribution in [3.63, 3.8) is 0 Å². The molecular formula is C13H16BrN3. The van der Waals surface area contributed by atoms with Crippen molar-refractivity contribution in [1.82, 2.24) is 9.55 Å². The van der Waals surface area contributed by atoms with Gasteiger partial charge in [0.15, 0.2) is 0 Å². The van der Waals surface area contributed by atoms with Crippen LogP contribution in [0.25, 0.3) is 10.9 Å². The summed E-state index contributed by atoms with van der Waals surface area (Å²) in [5, 5.41) is 10.2. The van der Waals surface area contributed by atoms with Gasteiger partial charge in [-0.3, -0.25) is 0 Å². The molecule has 0 unspecified atom stereocenters. The Labute approximate surface area is 110 Å². The van der Waals surface area contributed by atoms with Gasteiger partial charge in [-0.15, -0.1) is 0 Å². The summed E-state index contributed by atoms with van der Waals surface area (Å²) in [5.41, 5.74) is 2.78. The Kier molecular flexibility index (Phi) is 4.71. The van der Waals surface area contributed by atoms with Crippen LogP contribution in [0.15, 0.2) is 16.9 Å². The van der Waals surface area contributed by atoms with Crippen molar-refractivity contribution < 1.29 is 0 Å². The fourth-order valence-electron chi connectivity index (χ4n) is 1.86. The Morgan fingerprint density at radius 2 is 2.12 bits per heavy atom. The second kappa shape index (κ2) is 5.83. The average Bonchev–Trinajstić information content (AvgIpc) is 2.64. The maximum Gasteiger partial charge on any atom is 0.124 e. The molecule has 0 atom stereocenters. The molecule has 0 aliphatic rings. The Morgan fingerprint density at radius 3 is 2.65 bits per heavy atom. The number of aromatic nitrogens is 2. The van der Waals surface area contributed by atoms with E-state index in [1.54, 1.807) is 6.20 Å². The monoisotopic (exact) mass is 293 g/mol. The summed E-state index contributed by atoms with van der Waals surface area (Å²) in [4.78, 5) is 4.19. The SMILES string of the molecule is CC.CCn1c(C#N)c(C)c2cc(Br)ncc21. The molecule has 0 bridgehead atoms. The Hall–Kier alpha value is -1.34. The van der Waals surface area contributed by atoms with Gasteiger partial charge in [0.2, 0.25) is 0 Å². The molecule has 2 heterocycles. The number of hydrogen-bond donors (Lipinski definition) is 0. The molecule has 17 heavy (non-hydrogen) atoms. The molecular weight excluding hydrogens is 278 g/mol. The topological polar surface area (TPSA) is 41.6 Å². The highest BCUT2D eigenvalue weighted by Gasteiger charge is 2.12. The van der Waals surface area contributed by atoms with E-state index in [1.165, 1.54) is 0 Å². The minimum absolute atomic E-state index is 0.729. The number of nitriles is 1. The number of fused-ring (bicyclic) bond motifs is 1. The first-order chi connectivity index (χ1) is 8.19. The molecule has 0 amide bonds. The van der Waals surface area contributed by atoms with Gasteiger partial charge >= 0.3 is 0 Å². The van der Waals surface area contributed by atoms with E-state index in [0.717, 1.165) is 33.3 Å². The van der Waals surface area contributed by atoms with Gasteiger partial charge in [0, 0.05) is 11.9 Å². The molecule has 0 fully saturated rings. The first-order valence-electron chi connectivity index (χ1n) is 5.73. The van der Waals surface area contributed by atoms with E-state index in [0.29, 0.717) is 0 Å². The second-order valence-corrected chi connectivity index (χ2v) is 4.17. The summed E-state index contributed by atoms with van der Waals surface area (Å²) in [6.45, 7) is 8.79. The van der Waals surface area contributed by atoms with Gasteiger partial charge in [0.25, 0.3) is 0 Å². The maximum absolute atomic E-state index is 9.10. The summed E-state index contributed by atoms with van der Waals surface area (Å²) in [5.74, 6) is 0. The van der Waals surface area contributed by atoms with Crippen molar-refractivity contribution in [2.75, 3.05) is 0 Å². The van der Waals surface area contributed by atoms with Crippen molar-refractivity contribution >= 4 is 26.8 Å². The number of halogens is 1. The smallest absolute Gasteiger partial charge is 0.124 e. The molecule has 0 saturated carbocycles. The fraction of sp³-hybridized carbons (Fsp3) is 0.385. The lowest BCUT2D eigenvalue weighted by molar-refractivity contribution is 0.781. The van der Waals surface area contributed by atoms with Crippen molar-refractivity contribution in [2.24, 2.45) is 0 Å². The molecule has 0 spiro atoms. The van der Waals surface area contributed by atoms with Crippen molar-refractivity contribution in [3.8, 4) is 6.07 Å². The molecule has 0 aromatic carbocycles. The van der Waals surface area contributed by atoms with E-state index in [2.05, 4.69) is 27.0 Å². The third kappa shape index (κ3) is 2.34. The van der Waals surface area contributed by atoms with E-state index >= 15 is 0 Å². The summed E-state index contributed by atoms with van der Waals surface area (Å²) < 4.78 is 2.79. The molecule has 0 aliphatic heterocycles. The molecule has 2 rings (SSSR count). The van der Waals surface area contributed by atoms with Crippen LogP contribution < -0.4 is 0 Å². The van der Waals surface area contributed by atoms with E-state index in [4.69, 9.17) is 5.26 Å².